The van der Waals surface area contributed by atoms with Crippen molar-refractivity contribution in [2.75, 3.05) is 11.4 Å². The van der Waals surface area contributed by atoms with E-state index in [1.54, 1.807) is 31.2 Å². The fraction of sp³-hybridized carbons (Fsp3) is 0.364. The predicted octanol–water partition coefficient (Wildman–Crippen LogP) is 4.58. The van der Waals surface area contributed by atoms with Gasteiger partial charge in [0.25, 0.3) is 0 Å². The van der Waals surface area contributed by atoms with Gasteiger partial charge in [-0.3, -0.25) is 4.90 Å². The number of nitrogens with zero attached hydrogens (tertiary/aromatic N) is 1. The van der Waals surface area contributed by atoms with Crippen molar-refractivity contribution in [3.8, 4) is 0 Å². The summed E-state index contributed by atoms with van der Waals surface area (Å²) in [5.74, 6) is 0. The Morgan fingerprint density at radius 1 is 1.33 bits per heavy atom. The number of halogens is 4. The second-order valence-corrected chi connectivity index (χ2v) is 6.09. The van der Waals surface area contributed by atoms with Crippen molar-refractivity contribution in [1.29, 1.82) is 0 Å². The normalized spacial score (nSPS) is 12.9. The minimum atomic E-state index is -1.87. The van der Waals surface area contributed by atoms with E-state index >= 15 is 0 Å². The predicted molar refractivity (Wildman–Crippen MR) is 75.9 cm³/mol. The lowest BCUT2D eigenvalue weighted by atomic mass is 10.3. The number of ether oxygens (including phenoxy) is 1. The molecule has 0 radical (unpaired) electrons. The maximum absolute atomic E-state index is 11.9. The summed E-state index contributed by atoms with van der Waals surface area (Å²) in [6.45, 7) is 2.21. The highest BCUT2D eigenvalue weighted by Gasteiger charge is 2.35. The first-order chi connectivity index (χ1) is 8.36. The second-order valence-electron chi connectivity index (χ2n) is 3.32. The van der Waals surface area contributed by atoms with Gasteiger partial charge in [-0.05, 0) is 19.1 Å². The van der Waals surface area contributed by atoms with Gasteiger partial charge in [0.05, 0.1) is 0 Å². The van der Waals surface area contributed by atoms with Gasteiger partial charge < -0.3 is 4.74 Å². The number of alkyl halides is 4. The van der Waals surface area contributed by atoms with E-state index in [9.17, 15) is 4.79 Å². The van der Waals surface area contributed by atoms with Crippen LogP contribution in [-0.2, 0) is 4.74 Å². The summed E-state index contributed by atoms with van der Waals surface area (Å²) in [6.07, 6.45) is -0.671. The Morgan fingerprint density at radius 2 is 1.89 bits per heavy atom. The van der Waals surface area contributed by atoms with Gasteiger partial charge in [0, 0.05) is 12.2 Å². The summed E-state index contributed by atoms with van der Waals surface area (Å²) < 4.78 is 3.01. The standard InChI is InChI=1S/C11H11Cl4NO2/c1-2-16(8-6-4-3-5-7-8)10(17)18-9(12)11(13,14)15/h3-7,9H,2H2,1H3. The van der Waals surface area contributed by atoms with E-state index in [0.717, 1.165) is 0 Å². The summed E-state index contributed by atoms with van der Waals surface area (Å²) in [5.41, 5.74) is -0.675. The molecule has 7 heteroatoms. The van der Waals surface area contributed by atoms with E-state index in [1.807, 2.05) is 6.07 Å². The number of anilines is 1. The van der Waals surface area contributed by atoms with E-state index in [2.05, 4.69) is 0 Å². The molecule has 1 aromatic carbocycles. The first-order valence-electron chi connectivity index (χ1n) is 5.10. The molecule has 0 aliphatic rings. The molecular weight excluding hydrogens is 320 g/mol. The van der Waals surface area contributed by atoms with E-state index in [0.29, 0.717) is 12.2 Å². The number of rotatable bonds is 3. The highest BCUT2D eigenvalue weighted by atomic mass is 35.6. The van der Waals surface area contributed by atoms with Crippen LogP contribution in [0.5, 0.6) is 0 Å². The Kier molecular flexibility index (Phi) is 5.86. The monoisotopic (exact) mass is 329 g/mol. The van der Waals surface area contributed by atoms with Gasteiger partial charge in [0.2, 0.25) is 9.36 Å². The van der Waals surface area contributed by atoms with Crippen molar-refractivity contribution in [2.45, 2.75) is 16.3 Å². The lowest BCUT2D eigenvalue weighted by molar-refractivity contribution is 0.141. The first kappa shape index (κ1) is 15.7. The lowest BCUT2D eigenvalue weighted by Crippen LogP contribution is -2.36. The number of para-hydroxylation sites is 1. The summed E-state index contributed by atoms with van der Waals surface area (Å²) in [7, 11) is 0. The Labute approximate surface area is 126 Å². The molecule has 1 atom stereocenters. The van der Waals surface area contributed by atoms with E-state index in [-0.39, 0.29) is 0 Å². The Morgan fingerprint density at radius 3 is 2.33 bits per heavy atom. The van der Waals surface area contributed by atoms with Crippen LogP contribution in [0, 0.1) is 0 Å². The lowest BCUT2D eigenvalue weighted by Gasteiger charge is -2.24. The Bertz CT molecular complexity index is 394. The van der Waals surface area contributed by atoms with E-state index < -0.39 is 15.4 Å². The van der Waals surface area contributed by atoms with E-state index in [4.69, 9.17) is 51.1 Å². The number of hydrogen-bond acceptors (Lipinski definition) is 2. The van der Waals surface area contributed by atoms with Crippen molar-refractivity contribution >= 4 is 58.2 Å². The third kappa shape index (κ3) is 4.39. The number of carbonyl (C=O) groups excluding carboxylic acids is 1. The first-order valence-corrected chi connectivity index (χ1v) is 6.67. The van der Waals surface area contributed by atoms with Crippen LogP contribution < -0.4 is 4.90 Å². The highest BCUT2D eigenvalue weighted by Crippen LogP contribution is 2.35. The zero-order chi connectivity index (χ0) is 13.8. The van der Waals surface area contributed by atoms with Gasteiger partial charge in [-0.15, -0.1) is 0 Å². The molecule has 0 spiro atoms. The summed E-state index contributed by atoms with van der Waals surface area (Å²) >= 11 is 22.2. The van der Waals surface area contributed by atoms with Crippen molar-refractivity contribution in [2.24, 2.45) is 0 Å². The van der Waals surface area contributed by atoms with Crippen LogP contribution in [-0.4, -0.2) is 22.0 Å². The fourth-order valence-electron chi connectivity index (χ4n) is 1.24. The molecule has 1 amide bonds. The minimum Gasteiger partial charge on any atom is -0.425 e. The van der Waals surface area contributed by atoms with Gasteiger partial charge in [0.15, 0.2) is 0 Å². The molecule has 0 aliphatic carbocycles. The SMILES string of the molecule is CCN(C(=O)OC(Cl)C(Cl)(Cl)Cl)c1ccccc1. The third-order valence-electron chi connectivity index (χ3n) is 2.07. The molecule has 0 bridgehead atoms. The Hall–Kier alpha value is -0.350. The van der Waals surface area contributed by atoms with Gasteiger partial charge in [-0.1, -0.05) is 64.6 Å². The molecule has 1 unspecified atom stereocenters. The maximum atomic E-state index is 11.9. The number of carbonyl (C=O) groups is 1. The van der Waals surface area contributed by atoms with Gasteiger partial charge in [-0.25, -0.2) is 4.79 Å². The Balaban J connectivity index is 2.76. The molecule has 100 valence electrons. The molecule has 0 aromatic heterocycles. The average Bonchev–Trinajstić information content (AvgIpc) is 2.30. The molecule has 3 nitrogen and oxygen atoms in total. The summed E-state index contributed by atoms with van der Waals surface area (Å²) in [5, 5.41) is 0. The molecule has 0 heterocycles. The van der Waals surface area contributed by atoms with Crippen LogP contribution in [0.1, 0.15) is 6.92 Å². The zero-order valence-electron chi connectivity index (χ0n) is 9.45. The van der Waals surface area contributed by atoms with Crippen molar-refractivity contribution in [3.63, 3.8) is 0 Å². The molecule has 0 N–H and O–H groups in total. The van der Waals surface area contributed by atoms with Crippen molar-refractivity contribution < 1.29 is 9.53 Å². The van der Waals surface area contributed by atoms with Crippen LogP contribution in [0.25, 0.3) is 0 Å². The zero-order valence-corrected chi connectivity index (χ0v) is 12.5. The molecule has 18 heavy (non-hydrogen) atoms. The fourth-order valence-corrected chi connectivity index (χ4v) is 1.45. The molecular formula is C11H11Cl4NO2. The van der Waals surface area contributed by atoms with Crippen molar-refractivity contribution in [3.05, 3.63) is 30.3 Å². The summed E-state index contributed by atoms with van der Waals surface area (Å²) in [4.78, 5) is 13.3. The highest BCUT2D eigenvalue weighted by molar-refractivity contribution is 6.70. The number of amides is 1. The molecule has 0 aliphatic heterocycles. The van der Waals surface area contributed by atoms with Crippen LogP contribution in [0.15, 0.2) is 30.3 Å². The van der Waals surface area contributed by atoms with Crippen LogP contribution >= 0.6 is 46.4 Å². The molecule has 1 aromatic rings. The minimum absolute atomic E-state index is 0.409. The van der Waals surface area contributed by atoms with Crippen LogP contribution in [0.4, 0.5) is 10.5 Å². The quantitative estimate of drug-likeness (QED) is 0.759. The topological polar surface area (TPSA) is 29.5 Å². The second kappa shape index (κ2) is 6.71. The van der Waals surface area contributed by atoms with Gasteiger partial charge >= 0.3 is 6.09 Å². The maximum Gasteiger partial charge on any atom is 0.415 e. The number of hydrogen-bond donors (Lipinski definition) is 0. The smallest absolute Gasteiger partial charge is 0.415 e. The average molecular weight is 331 g/mol. The molecule has 1 rings (SSSR count). The van der Waals surface area contributed by atoms with Gasteiger partial charge in [0.1, 0.15) is 0 Å². The molecule has 0 fully saturated rings. The molecule has 0 saturated carbocycles. The van der Waals surface area contributed by atoms with E-state index in [1.165, 1.54) is 4.90 Å². The van der Waals surface area contributed by atoms with Crippen LogP contribution in [0.2, 0.25) is 0 Å². The van der Waals surface area contributed by atoms with Gasteiger partial charge in [-0.2, -0.15) is 0 Å². The van der Waals surface area contributed by atoms with Crippen molar-refractivity contribution in [1.82, 2.24) is 0 Å². The number of benzene rings is 1. The van der Waals surface area contributed by atoms with Crippen LogP contribution in [0.3, 0.4) is 0 Å². The summed E-state index contributed by atoms with van der Waals surface area (Å²) in [6, 6.07) is 8.98. The largest absolute Gasteiger partial charge is 0.425 e. The molecule has 0 saturated heterocycles. The third-order valence-corrected chi connectivity index (χ3v) is 3.41.